The molecular weight excluding hydrogens is 218 g/mol. The quantitative estimate of drug-likeness (QED) is 0.884. The zero-order valence-corrected chi connectivity index (χ0v) is 10.3. The predicted octanol–water partition coefficient (Wildman–Crippen LogP) is 3.04. The summed E-state index contributed by atoms with van der Waals surface area (Å²) in [7, 11) is 0. The molecule has 0 bridgehead atoms. The smallest absolute Gasteiger partial charge is 0.0841 e. The second kappa shape index (κ2) is 4.76. The van der Waals surface area contributed by atoms with Crippen molar-refractivity contribution in [2.45, 2.75) is 26.4 Å². The molecule has 16 heavy (non-hydrogen) atoms. The number of benzene rings is 1. The third-order valence-corrected chi connectivity index (χ3v) is 3.69. The molecule has 2 aromatic rings. The van der Waals surface area contributed by atoms with Crippen molar-refractivity contribution in [3.8, 4) is 0 Å². The van der Waals surface area contributed by atoms with Crippen LogP contribution in [0.4, 0.5) is 0 Å². The zero-order chi connectivity index (χ0) is 11.5. The fourth-order valence-corrected chi connectivity index (χ4v) is 2.41. The molecule has 0 saturated carbocycles. The standard InChI is InChI=1S/C13H15NOS/c1-9-4-3-5-12(10(9)2)13(15)6-11-7-14-8-16-11/h3-5,7-8,13,15H,6H2,1-2H3. The maximum Gasteiger partial charge on any atom is 0.0841 e. The van der Waals surface area contributed by atoms with Crippen LogP contribution in [0.2, 0.25) is 0 Å². The molecule has 0 amide bonds. The van der Waals surface area contributed by atoms with E-state index in [-0.39, 0.29) is 0 Å². The minimum Gasteiger partial charge on any atom is -0.388 e. The Morgan fingerprint density at radius 1 is 1.38 bits per heavy atom. The lowest BCUT2D eigenvalue weighted by atomic mass is 9.97. The molecule has 2 rings (SSSR count). The molecule has 0 saturated heterocycles. The van der Waals surface area contributed by atoms with Crippen LogP contribution >= 0.6 is 11.3 Å². The number of aliphatic hydroxyl groups is 1. The Labute approximate surface area is 99.6 Å². The fraction of sp³-hybridized carbons (Fsp3) is 0.308. The van der Waals surface area contributed by atoms with E-state index in [1.54, 1.807) is 16.8 Å². The summed E-state index contributed by atoms with van der Waals surface area (Å²) in [5.74, 6) is 0. The molecule has 1 aromatic carbocycles. The Hall–Kier alpha value is -1.19. The Morgan fingerprint density at radius 2 is 2.19 bits per heavy atom. The molecule has 1 atom stereocenters. The van der Waals surface area contributed by atoms with Crippen LogP contribution in [-0.2, 0) is 6.42 Å². The third kappa shape index (κ3) is 2.31. The largest absolute Gasteiger partial charge is 0.388 e. The summed E-state index contributed by atoms with van der Waals surface area (Å²) in [4.78, 5) is 5.14. The molecule has 0 aliphatic carbocycles. The Balaban J connectivity index is 2.21. The first-order chi connectivity index (χ1) is 7.68. The van der Waals surface area contributed by atoms with Crippen LogP contribution in [0.3, 0.4) is 0 Å². The van der Waals surface area contributed by atoms with Gasteiger partial charge in [0.1, 0.15) is 0 Å². The van der Waals surface area contributed by atoms with Crippen molar-refractivity contribution in [2.24, 2.45) is 0 Å². The van der Waals surface area contributed by atoms with E-state index >= 15 is 0 Å². The third-order valence-electron chi connectivity index (χ3n) is 2.88. The highest BCUT2D eigenvalue weighted by molar-refractivity contribution is 7.09. The number of thiazole rings is 1. The van der Waals surface area contributed by atoms with Gasteiger partial charge in [0.15, 0.2) is 0 Å². The highest BCUT2D eigenvalue weighted by Gasteiger charge is 2.12. The van der Waals surface area contributed by atoms with Crippen molar-refractivity contribution < 1.29 is 5.11 Å². The maximum absolute atomic E-state index is 10.2. The van der Waals surface area contributed by atoms with Gasteiger partial charge in [-0.25, -0.2) is 0 Å². The average Bonchev–Trinajstić information content (AvgIpc) is 2.74. The van der Waals surface area contributed by atoms with Gasteiger partial charge in [0, 0.05) is 17.5 Å². The molecule has 0 fully saturated rings. The molecule has 0 aliphatic rings. The van der Waals surface area contributed by atoms with E-state index in [4.69, 9.17) is 0 Å². The summed E-state index contributed by atoms with van der Waals surface area (Å²) in [6.07, 6.45) is 2.04. The number of aromatic nitrogens is 1. The normalized spacial score (nSPS) is 12.7. The van der Waals surface area contributed by atoms with E-state index in [0.29, 0.717) is 6.42 Å². The molecule has 84 valence electrons. The molecular formula is C13H15NOS. The van der Waals surface area contributed by atoms with Crippen LogP contribution in [0.5, 0.6) is 0 Å². The van der Waals surface area contributed by atoms with Crippen LogP contribution in [0.15, 0.2) is 29.9 Å². The van der Waals surface area contributed by atoms with Crippen molar-refractivity contribution in [2.75, 3.05) is 0 Å². The minimum atomic E-state index is -0.430. The Bertz CT molecular complexity index is 465. The van der Waals surface area contributed by atoms with E-state index in [2.05, 4.69) is 24.9 Å². The highest BCUT2D eigenvalue weighted by atomic mass is 32.1. The Morgan fingerprint density at radius 3 is 2.88 bits per heavy atom. The number of hydrogen-bond acceptors (Lipinski definition) is 3. The fourth-order valence-electron chi connectivity index (χ4n) is 1.78. The summed E-state index contributed by atoms with van der Waals surface area (Å²) in [5, 5.41) is 10.2. The summed E-state index contributed by atoms with van der Waals surface area (Å²) in [6.45, 7) is 4.12. The van der Waals surface area contributed by atoms with Gasteiger partial charge in [-0.15, -0.1) is 11.3 Å². The molecule has 3 heteroatoms. The second-order valence-corrected chi connectivity index (χ2v) is 4.95. The zero-order valence-electron chi connectivity index (χ0n) is 9.47. The van der Waals surface area contributed by atoms with Gasteiger partial charge in [0.2, 0.25) is 0 Å². The molecule has 1 aromatic heterocycles. The second-order valence-electron chi connectivity index (χ2n) is 3.98. The number of nitrogens with zero attached hydrogens (tertiary/aromatic N) is 1. The molecule has 1 heterocycles. The van der Waals surface area contributed by atoms with Gasteiger partial charge in [0.05, 0.1) is 11.6 Å². The average molecular weight is 233 g/mol. The maximum atomic E-state index is 10.2. The van der Waals surface area contributed by atoms with Gasteiger partial charge in [-0.3, -0.25) is 4.98 Å². The van der Waals surface area contributed by atoms with Gasteiger partial charge >= 0.3 is 0 Å². The molecule has 1 N–H and O–H groups in total. The summed E-state index contributed by atoms with van der Waals surface area (Å²) in [6, 6.07) is 6.06. The molecule has 0 spiro atoms. The van der Waals surface area contributed by atoms with Gasteiger partial charge in [0.25, 0.3) is 0 Å². The molecule has 0 aliphatic heterocycles. The highest BCUT2D eigenvalue weighted by Crippen LogP contribution is 2.24. The monoisotopic (exact) mass is 233 g/mol. The predicted molar refractivity (Wildman–Crippen MR) is 66.7 cm³/mol. The Kier molecular flexibility index (Phi) is 3.36. The van der Waals surface area contributed by atoms with Crippen LogP contribution in [0.25, 0.3) is 0 Å². The summed E-state index contributed by atoms with van der Waals surface area (Å²) >= 11 is 1.58. The molecule has 1 unspecified atom stereocenters. The van der Waals surface area contributed by atoms with E-state index in [1.165, 1.54) is 11.1 Å². The van der Waals surface area contributed by atoms with Crippen LogP contribution in [0, 0.1) is 13.8 Å². The minimum absolute atomic E-state index is 0.430. The van der Waals surface area contributed by atoms with E-state index in [1.807, 2.05) is 18.3 Å². The van der Waals surface area contributed by atoms with Crippen molar-refractivity contribution in [3.63, 3.8) is 0 Å². The first-order valence-corrected chi connectivity index (χ1v) is 6.18. The number of aliphatic hydroxyl groups excluding tert-OH is 1. The first kappa shape index (κ1) is 11.3. The topological polar surface area (TPSA) is 33.1 Å². The van der Waals surface area contributed by atoms with Gasteiger partial charge in [-0.1, -0.05) is 18.2 Å². The number of aryl methyl sites for hydroxylation is 1. The van der Waals surface area contributed by atoms with Crippen molar-refractivity contribution in [1.29, 1.82) is 0 Å². The van der Waals surface area contributed by atoms with Crippen molar-refractivity contribution in [3.05, 3.63) is 51.5 Å². The van der Waals surface area contributed by atoms with Gasteiger partial charge < -0.3 is 5.11 Å². The SMILES string of the molecule is Cc1cccc(C(O)Cc2cncs2)c1C. The number of rotatable bonds is 3. The van der Waals surface area contributed by atoms with Crippen molar-refractivity contribution in [1.82, 2.24) is 4.98 Å². The van der Waals surface area contributed by atoms with Crippen LogP contribution in [0.1, 0.15) is 27.7 Å². The molecule has 0 radical (unpaired) electrons. The summed E-state index contributed by atoms with van der Waals surface area (Å²) < 4.78 is 0. The van der Waals surface area contributed by atoms with E-state index in [9.17, 15) is 5.11 Å². The molecule has 2 nitrogen and oxygen atoms in total. The van der Waals surface area contributed by atoms with Gasteiger partial charge in [-0.2, -0.15) is 0 Å². The summed E-state index contributed by atoms with van der Waals surface area (Å²) in [5.41, 5.74) is 5.22. The van der Waals surface area contributed by atoms with Crippen LogP contribution < -0.4 is 0 Å². The lowest BCUT2D eigenvalue weighted by Crippen LogP contribution is -2.03. The van der Waals surface area contributed by atoms with E-state index < -0.39 is 6.10 Å². The van der Waals surface area contributed by atoms with E-state index in [0.717, 1.165) is 10.4 Å². The van der Waals surface area contributed by atoms with Gasteiger partial charge in [-0.05, 0) is 30.5 Å². The lowest BCUT2D eigenvalue weighted by molar-refractivity contribution is 0.178. The lowest BCUT2D eigenvalue weighted by Gasteiger charge is -2.14. The number of hydrogen-bond donors (Lipinski definition) is 1. The van der Waals surface area contributed by atoms with Crippen LogP contribution in [-0.4, -0.2) is 10.1 Å². The van der Waals surface area contributed by atoms with Crippen molar-refractivity contribution >= 4 is 11.3 Å². The first-order valence-electron chi connectivity index (χ1n) is 5.30.